The van der Waals surface area contributed by atoms with Gasteiger partial charge in [-0.1, -0.05) is 96.9 Å². The first-order valence-electron chi connectivity index (χ1n) is 17.7. The summed E-state index contributed by atoms with van der Waals surface area (Å²) in [6.45, 7) is 28.1. The Kier molecular flexibility index (Phi) is 14.5. The van der Waals surface area contributed by atoms with Gasteiger partial charge in [0.25, 0.3) is 10.2 Å². The molecular weight excluding hydrogens is 721 g/mol. The molecule has 0 amide bonds. The van der Waals surface area contributed by atoms with E-state index in [-0.39, 0.29) is 38.9 Å². The van der Waals surface area contributed by atoms with Gasteiger partial charge in [0, 0.05) is 50.3 Å². The summed E-state index contributed by atoms with van der Waals surface area (Å²) in [5.41, 5.74) is 2.01. The van der Waals surface area contributed by atoms with E-state index >= 15 is 0 Å². The summed E-state index contributed by atoms with van der Waals surface area (Å²) < 4.78 is 12.2. The predicted molar refractivity (Wildman–Crippen MR) is 210 cm³/mol. The second kappa shape index (κ2) is 16.9. The second-order valence-electron chi connectivity index (χ2n) is 17.9. The van der Waals surface area contributed by atoms with E-state index in [0.29, 0.717) is 21.3 Å². The lowest BCUT2D eigenvalue weighted by Crippen LogP contribution is -2.30. The number of benzene rings is 2. The molecule has 0 unspecified atom stereocenters. The minimum absolute atomic E-state index is 0.0755. The number of thiol groups is 2. The molecule has 0 aliphatic heterocycles. The topological polar surface area (TPSA) is 157 Å². The molecule has 0 saturated carbocycles. The molecule has 0 aliphatic carbocycles. The van der Waals surface area contributed by atoms with Gasteiger partial charge in [0.15, 0.2) is 0 Å². The summed E-state index contributed by atoms with van der Waals surface area (Å²) in [6, 6.07) is 4.08. The van der Waals surface area contributed by atoms with Gasteiger partial charge in [0.2, 0.25) is 0 Å². The first kappa shape index (κ1) is 45.6. The van der Waals surface area contributed by atoms with Gasteiger partial charge in [-0.15, -0.1) is 45.5 Å². The molecule has 0 aromatic heterocycles. The molecule has 0 saturated heterocycles. The van der Waals surface area contributed by atoms with Crippen molar-refractivity contribution in [3.63, 3.8) is 0 Å². The van der Waals surface area contributed by atoms with Crippen LogP contribution in [0, 0.1) is 20.2 Å². The zero-order valence-electron chi connectivity index (χ0n) is 33.8. The largest absolute Gasteiger partial charge is 0.426 e. The highest BCUT2D eigenvalue weighted by Crippen LogP contribution is 2.52. The zero-order valence-corrected chi connectivity index (χ0v) is 35.6. The highest BCUT2D eigenvalue weighted by atomic mass is 32.1. The number of nitrogens with zero attached hydrogens (tertiary/aromatic N) is 2. The Hall–Kier alpha value is -3.52. The molecule has 2 aromatic rings. The summed E-state index contributed by atoms with van der Waals surface area (Å²) in [7, 11) is 0. The predicted octanol–water partition coefficient (Wildman–Crippen LogP) is 9.57. The maximum atomic E-state index is 13.2. The standard InChI is InChI=1S/C39H58N2O10S2/c1-35(2,3)23-21-25(33(52)29(37(7,8)9)31(23)50-27(42)17-15-19-48-40(44)45)39(13,14)26-22-24(36(4,5)6)32(30(34(26)53)38(10,11)12)51-28(43)18-16-20-49-41(46)47/h21-22,52-53H,15-20H2,1-14H3. The van der Waals surface area contributed by atoms with E-state index in [9.17, 15) is 29.8 Å². The Morgan fingerprint density at radius 1 is 0.566 bits per heavy atom. The van der Waals surface area contributed by atoms with Crippen LogP contribution in [0.3, 0.4) is 0 Å². The van der Waals surface area contributed by atoms with Crippen molar-refractivity contribution < 1.29 is 38.9 Å². The van der Waals surface area contributed by atoms with Crippen LogP contribution >= 0.6 is 25.3 Å². The summed E-state index contributed by atoms with van der Waals surface area (Å²) in [6.07, 6.45) is 0.0844. The Morgan fingerprint density at radius 3 is 1.11 bits per heavy atom. The lowest BCUT2D eigenvalue weighted by Gasteiger charge is -2.39. The van der Waals surface area contributed by atoms with Crippen LogP contribution < -0.4 is 9.47 Å². The van der Waals surface area contributed by atoms with Crippen LogP contribution in [0.25, 0.3) is 0 Å². The fourth-order valence-corrected chi connectivity index (χ4v) is 7.73. The number of ether oxygens (including phenoxy) is 2. The van der Waals surface area contributed by atoms with Gasteiger partial charge < -0.3 is 19.1 Å². The summed E-state index contributed by atoms with van der Waals surface area (Å²) >= 11 is 10.4. The first-order valence-corrected chi connectivity index (χ1v) is 18.6. The van der Waals surface area contributed by atoms with E-state index < -0.39 is 49.2 Å². The van der Waals surface area contributed by atoms with Crippen molar-refractivity contribution in [3.05, 3.63) is 65.7 Å². The minimum Gasteiger partial charge on any atom is -0.426 e. The van der Waals surface area contributed by atoms with Gasteiger partial charge in [-0.2, -0.15) is 0 Å². The van der Waals surface area contributed by atoms with Gasteiger partial charge in [0.1, 0.15) is 11.5 Å². The number of carbonyl (C=O) groups is 2. The molecule has 0 heterocycles. The van der Waals surface area contributed by atoms with E-state index in [0.717, 1.165) is 33.4 Å². The number of esters is 2. The van der Waals surface area contributed by atoms with E-state index in [2.05, 4.69) is 23.5 Å². The average molecular weight is 779 g/mol. The maximum absolute atomic E-state index is 13.2. The number of rotatable bonds is 14. The van der Waals surface area contributed by atoms with Crippen LogP contribution in [0.1, 0.15) is 156 Å². The minimum atomic E-state index is -0.888. The summed E-state index contributed by atoms with van der Waals surface area (Å²) in [5.74, 6) is -0.245. The Bertz CT molecular complexity index is 1590. The second-order valence-corrected chi connectivity index (χ2v) is 18.8. The number of carbonyl (C=O) groups excluding carboxylic acids is 2. The lowest BCUT2D eigenvalue weighted by atomic mass is 9.69. The van der Waals surface area contributed by atoms with Crippen molar-refractivity contribution in [1.29, 1.82) is 0 Å². The molecule has 0 N–H and O–H groups in total. The molecule has 296 valence electrons. The maximum Gasteiger partial charge on any atom is 0.311 e. The van der Waals surface area contributed by atoms with Crippen LogP contribution in [-0.4, -0.2) is 35.3 Å². The smallest absolute Gasteiger partial charge is 0.311 e. The van der Waals surface area contributed by atoms with Crippen LogP contribution in [0.15, 0.2) is 21.9 Å². The van der Waals surface area contributed by atoms with E-state index in [1.165, 1.54) is 0 Å². The van der Waals surface area contributed by atoms with Gasteiger partial charge in [-0.25, -0.2) is 0 Å². The third-order valence-corrected chi connectivity index (χ3v) is 9.77. The lowest BCUT2D eigenvalue weighted by molar-refractivity contribution is -0.757. The third kappa shape index (κ3) is 11.7. The van der Waals surface area contributed by atoms with Crippen molar-refractivity contribution >= 4 is 37.2 Å². The molecule has 0 bridgehead atoms. The first-order chi connectivity index (χ1) is 23.9. The van der Waals surface area contributed by atoms with Gasteiger partial charge >= 0.3 is 11.9 Å². The van der Waals surface area contributed by atoms with Crippen molar-refractivity contribution in [2.75, 3.05) is 13.2 Å². The van der Waals surface area contributed by atoms with Gasteiger partial charge in [-0.05, 0) is 57.8 Å². The monoisotopic (exact) mass is 778 g/mol. The molecule has 2 rings (SSSR count). The number of hydrogen-bond acceptors (Lipinski definition) is 12. The third-order valence-electron chi connectivity index (χ3n) is 8.84. The fourth-order valence-electron chi connectivity index (χ4n) is 6.17. The molecule has 0 atom stereocenters. The normalized spacial score (nSPS) is 12.7. The molecule has 0 radical (unpaired) electrons. The summed E-state index contributed by atoms with van der Waals surface area (Å²) in [4.78, 5) is 57.6. The van der Waals surface area contributed by atoms with Crippen LogP contribution in [0.5, 0.6) is 11.5 Å². The Morgan fingerprint density at radius 2 is 0.868 bits per heavy atom. The quantitative estimate of drug-likeness (QED) is 0.0473. The van der Waals surface area contributed by atoms with E-state index in [1.54, 1.807) is 0 Å². The fraction of sp³-hybridized carbons (Fsp3) is 0.641. The van der Waals surface area contributed by atoms with Crippen LogP contribution in [-0.2, 0) is 46.3 Å². The van der Waals surface area contributed by atoms with E-state index in [1.807, 2.05) is 95.2 Å². The molecule has 0 fully saturated rings. The van der Waals surface area contributed by atoms with Crippen molar-refractivity contribution in [3.8, 4) is 11.5 Å². The molecule has 0 spiro atoms. The SMILES string of the molecule is CC(C)(C)c1cc(C(C)(C)c2cc(C(C)(C)C)c(OC(=O)CCCO[N+](=O)[O-])c(C(C)(C)C)c2S)c(S)c(C(C)(C)C)c1OC(=O)CCCO[N+](=O)[O-]. The summed E-state index contributed by atoms with van der Waals surface area (Å²) in [5, 5.41) is 19.4. The van der Waals surface area contributed by atoms with Gasteiger partial charge in [-0.3, -0.25) is 9.59 Å². The molecule has 0 aliphatic rings. The molecule has 53 heavy (non-hydrogen) atoms. The van der Waals surface area contributed by atoms with E-state index in [4.69, 9.17) is 34.7 Å². The molecular formula is C39H58N2O10S2. The molecule has 14 heteroatoms. The molecule has 2 aromatic carbocycles. The Labute approximate surface area is 325 Å². The number of hydrogen-bond donors (Lipinski definition) is 2. The van der Waals surface area contributed by atoms with Crippen LogP contribution in [0.4, 0.5) is 0 Å². The van der Waals surface area contributed by atoms with Crippen molar-refractivity contribution in [1.82, 2.24) is 0 Å². The highest BCUT2D eigenvalue weighted by molar-refractivity contribution is 7.80. The van der Waals surface area contributed by atoms with Crippen molar-refractivity contribution in [2.24, 2.45) is 0 Å². The molecule has 12 nitrogen and oxygen atoms in total. The average Bonchev–Trinajstić information content (AvgIpc) is 2.94. The zero-order chi connectivity index (χ0) is 41.1. The Balaban J connectivity index is 2.94. The van der Waals surface area contributed by atoms with Gasteiger partial charge in [0.05, 0.1) is 13.2 Å². The van der Waals surface area contributed by atoms with Crippen LogP contribution in [0.2, 0.25) is 0 Å². The van der Waals surface area contributed by atoms with Crippen molar-refractivity contribution in [2.45, 2.75) is 159 Å². The highest BCUT2D eigenvalue weighted by Gasteiger charge is 2.40.